The van der Waals surface area contributed by atoms with E-state index in [2.05, 4.69) is 15.9 Å². The Morgan fingerprint density at radius 2 is 2.22 bits per heavy atom. The Bertz CT molecular complexity index is 461. The molecule has 1 unspecified atom stereocenters. The van der Waals surface area contributed by atoms with E-state index in [1.54, 1.807) is 6.92 Å². The third-order valence-corrected chi connectivity index (χ3v) is 3.05. The first-order chi connectivity index (χ1) is 8.45. The molecular weight excluding hydrogens is 302 g/mol. The molecule has 0 heterocycles. The van der Waals surface area contributed by atoms with Gasteiger partial charge in [0.25, 0.3) is 5.69 Å². The number of benzene rings is 1. The maximum atomic E-state index is 11.8. The number of carbonyl (C=O) groups excluding carboxylic acids is 1. The third kappa shape index (κ3) is 3.80. The molecule has 1 aromatic rings. The van der Waals surface area contributed by atoms with Crippen molar-refractivity contribution in [1.82, 2.24) is 0 Å². The van der Waals surface area contributed by atoms with Crippen molar-refractivity contribution in [3.8, 4) is 0 Å². The summed E-state index contributed by atoms with van der Waals surface area (Å²) in [5, 5.41) is 10.7. The number of hydrogen-bond acceptors (Lipinski definition) is 4. The first kappa shape index (κ1) is 14.6. The van der Waals surface area contributed by atoms with E-state index in [1.807, 2.05) is 6.92 Å². The molecule has 0 aliphatic carbocycles. The number of ether oxygens (including phenoxy) is 1. The lowest BCUT2D eigenvalue weighted by Crippen LogP contribution is -2.14. The highest BCUT2D eigenvalue weighted by Gasteiger charge is 2.18. The van der Waals surface area contributed by atoms with Crippen molar-refractivity contribution in [3.63, 3.8) is 0 Å². The van der Waals surface area contributed by atoms with Gasteiger partial charge in [0.1, 0.15) is 0 Å². The summed E-state index contributed by atoms with van der Waals surface area (Å²) in [6.45, 7) is 3.80. The number of esters is 1. The number of halogens is 1. The van der Waals surface area contributed by atoms with Crippen LogP contribution in [0.15, 0.2) is 22.7 Å². The first-order valence-electron chi connectivity index (χ1n) is 5.60. The lowest BCUT2D eigenvalue weighted by atomic mass is 10.2. The fourth-order valence-corrected chi connectivity index (χ4v) is 1.89. The van der Waals surface area contributed by atoms with Crippen molar-refractivity contribution in [3.05, 3.63) is 38.3 Å². The fourth-order valence-electron chi connectivity index (χ4n) is 1.50. The average Bonchev–Trinajstić information content (AvgIpc) is 2.29. The summed E-state index contributed by atoms with van der Waals surface area (Å²) < 4.78 is 5.51. The highest BCUT2D eigenvalue weighted by Crippen LogP contribution is 2.26. The zero-order chi connectivity index (χ0) is 13.7. The maximum absolute atomic E-state index is 11.8. The van der Waals surface area contributed by atoms with Gasteiger partial charge in [-0.3, -0.25) is 10.1 Å². The number of hydrogen-bond donors (Lipinski definition) is 0. The molecule has 6 heteroatoms. The standard InChI is InChI=1S/C12H14BrNO4/c1-3-4-8(2)18-12(15)9-5-6-10(13)11(7-9)14(16)17/h5-8H,3-4H2,1-2H3. The molecule has 98 valence electrons. The molecule has 0 amide bonds. The summed E-state index contributed by atoms with van der Waals surface area (Å²) in [4.78, 5) is 22.0. The van der Waals surface area contributed by atoms with Crippen molar-refractivity contribution in [2.75, 3.05) is 0 Å². The minimum atomic E-state index is -0.545. The van der Waals surface area contributed by atoms with E-state index < -0.39 is 10.9 Å². The Hall–Kier alpha value is -1.43. The molecule has 0 N–H and O–H groups in total. The van der Waals surface area contributed by atoms with Crippen LogP contribution in [-0.4, -0.2) is 17.0 Å². The normalized spacial score (nSPS) is 11.9. The van der Waals surface area contributed by atoms with Crippen molar-refractivity contribution < 1.29 is 14.5 Å². The van der Waals surface area contributed by atoms with E-state index in [0.29, 0.717) is 4.47 Å². The number of nitro benzene ring substituents is 1. The van der Waals surface area contributed by atoms with Gasteiger partial charge in [-0.15, -0.1) is 0 Å². The molecule has 0 aromatic heterocycles. The summed E-state index contributed by atoms with van der Waals surface area (Å²) >= 11 is 3.06. The topological polar surface area (TPSA) is 69.4 Å². The summed E-state index contributed by atoms with van der Waals surface area (Å²) in [5.74, 6) is -0.536. The van der Waals surface area contributed by atoms with Crippen molar-refractivity contribution in [2.24, 2.45) is 0 Å². The first-order valence-corrected chi connectivity index (χ1v) is 6.40. The zero-order valence-electron chi connectivity index (χ0n) is 10.2. The maximum Gasteiger partial charge on any atom is 0.338 e. The van der Waals surface area contributed by atoms with E-state index in [4.69, 9.17) is 4.74 Å². The van der Waals surface area contributed by atoms with Crippen LogP contribution in [0.1, 0.15) is 37.0 Å². The van der Waals surface area contributed by atoms with E-state index in [9.17, 15) is 14.9 Å². The van der Waals surface area contributed by atoms with Crippen LogP contribution in [0.2, 0.25) is 0 Å². The van der Waals surface area contributed by atoms with Gasteiger partial charge in [0.2, 0.25) is 0 Å². The highest BCUT2D eigenvalue weighted by atomic mass is 79.9. The van der Waals surface area contributed by atoms with E-state index in [-0.39, 0.29) is 17.4 Å². The van der Waals surface area contributed by atoms with Crippen LogP contribution < -0.4 is 0 Å². The number of carbonyl (C=O) groups is 1. The summed E-state index contributed by atoms with van der Waals surface area (Å²) in [7, 11) is 0. The molecule has 0 aliphatic heterocycles. The van der Waals surface area contributed by atoms with Gasteiger partial charge in [-0.2, -0.15) is 0 Å². The molecule has 1 rings (SSSR count). The number of nitrogens with zero attached hydrogens (tertiary/aromatic N) is 1. The average molecular weight is 316 g/mol. The van der Waals surface area contributed by atoms with Crippen LogP contribution in [0.25, 0.3) is 0 Å². The van der Waals surface area contributed by atoms with Gasteiger partial charge in [-0.1, -0.05) is 13.3 Å². The second-order valence-corrected chi connectivity index (χ2v) is 4.78. The Morgan fingerprint density at radius 3 is 2.78 bits per heavy atom. The molecular formula is C12H14BrNO4. The molecule has 0 fully saturated rings. The monoisotopic (exact) mass is 315 g/mol. The molecule has 0 saturated carbocycles. The lowest BCUT2D eigenvalue weighted by Gasteiger charge is -2.11. The number of rotatable bonds is 5. The molecule has 1 aromatic carbocycles. The minimum absolute atomic E-state index is 0.146. The molecule has 0 spiro atoms. The molecule has 1 atom stereocenters. The lowest BCUT2D eigenvalue weighted by molar-refractivity contribution is -0.385. The van der Waals surface area contributed by atoms with E-state index >= 15 is 0 Å². The SMILES string of the molecule is CCCC(C)OC(=O)c1ccc(Br)c([N+](=O)[O-])c1. The largest absolute Gasteiger partial charge is 0.459 e. The van der Waals surface area contributed by atoms with Crippen LogP contribution >= 0.6 is 15.9 Å². The van der Waals surface area contributed by atoms with E-state index in [1.165, 1.54) is 18.2 Å². The quantitative estimate of drug-likeness (QED) is 0.472. The second kappa shape index (κ2) is 6.49. The third-order valence-electron chi connectivity index (χ3n) is 2.38. The van der Waals surface area contributed by atoms with Crippen LogP contribution in [0.5, 0.6) is 0 Å². The Kier molecular flexibility index (Phi) is 5.27. The minimum Gasteiger partial charge on any atom is -0.459 e. The highest BCUT2D eigenvalue weighted by molar-refractivity contribution is 9.10. The summed E-state index contributed by atoms with van der Waals surface area (Å²) in [6, 6.07) is 4.18. The van der Waals surface area contributed by atoms with Gasteiger partial charge in [-0.05, 0) is 41.4 Å². The molecule has 0 radical (unpaired) electrons. The van der Waals surface area contributed by atoms with Gasteiger partial charge in [-0.25, -0.2) is 4.79 Å². The molecule has 5 nitrogen and oxygen atoms in total. The van der Waals surface area contributed by atoms with Crippen LogP contribution in [0, 0.1) is 10.1 Å². The smallest absolute Gasteiger partial charge is 0.338 e. The second-order valence-electron chi connectivity index (χ2n) is 3.93. The summed E-state index contributed by atoms with van der Waals surface area (Å²) in [5.41, 5.74) is 0.0421. The summed E-state index contributed by atoms with van der Waals surface area (Å²) in [6.07, 6.45) is 1.49. The predicted octanol–water partition coefficient (Wildman–Crippen LogP) is 3.70. The Morgan fingerprint density at radius 1 is 1.56 bits per heavy atom. The van der Waals surface area contributed by atoms with Crippen LogP contribution in [-0.2, 0) is 4.74 Å². The number of nitro groups is 1. The van der Waals surface area contributed by atoms with Crippen molar-refractivity contribution >= 4 is 27.6 Å². The van der Waals surface area contributed by atoms with Gasteiger partial charge in [0, 0.05) is 6.07 Å². The predicted molar refractivity (Wildman–Crippen MR) is 70.6 cm³/mol. The van der Waals surface area contributed by atoms with Crippen LogP contribution in [0.3, 0.4) is 0 Å². The van der Waals surface area contributed by atoms with Gasteiger partial charge in [0.15, 0.2) is 0 Å². The van der Waals surface area contributed by atoms with Crippen molar-refractivity contribution in [2.45, 2.75) is 32.8 Å². The molecule has 0 saturated heterocycles. The van der Waals surface area contributed by atoms with Gasteiger partial charge in [0.05, 0.1) is 21.1 Å². The zero-order valence-corrected chi connectivity index (χ0v) is 11.8. The van der Waals surface area contributed by atoms with Crippen molar-refractivity contribution in [1.29, 1.82) is 0 Å². The molecule has 0 bridgehead atoms. The molecule has 18 heavy (non-hydrogen) atoms. The Balaban J connectivity index is 2.87. The van der Waals surface area contributed by atoms with Crippen LogP contribution in [0.4, 0.5) is 5.69 Å². The van der Waals surface area contributed by atoms with Gasteiger partial charge >= 0.3 is 5.97 Å². The molecule has 0 aliphatic rings. The fraction of sp³-hybridized carbons (Fsp3) is 0.417. The van der Waals surface area contributed by atoms with E-state index in [0.717, 1.165) is 12.8 Å². The Labute approximate surface area is 113 Å². The van der Waals surface area contributed by atoms with Gasteiger partial charge < -0.3 is 4.74 Å².